The predicted octanol–water partition coefficient (Wildman–Crippen LogP) is 1.00. The molecular weight excluding hydrogens is 384 g/mol. The summed E-state index contributed by atoms with van der Waals surface area (Å²) >= 11 is 0. The van der Waals surface area contributed by atoms with Crippen molar-refractivity contribution in [1.29, 1.82) is 5.26 Å². The van der Waals surface area contributed by atoms with Crippen LogP contribution in [-0.4, -0.2) is 34.9 Å². The van der Waals surface area contributed by atoms with Crippen LogP contribution in [0.1, 0.15) is 35.4 Å². The Balaban J connectivity index is 1.73. The average molecular weight is 406 g/mol. The van der Waals surface area contributed by atoms with Crippen LogP contribution in [0.25, 0.3) is 0 Å². The van der Waals surface area contributed by atoms with E-state index in [1.54, 1.807) is 0 Å². The Bertz CT molecular complexity index is 1090. The highest BCUT2D eigenvalue weighted by molar-refractivity contribution is 5.98. The highest BCUT2D eigenvalue weighted by atomic mass is 16.2. The first kappa shape index (κ1) is 19.6. The molecule has 2 atom stereocenters. The van der Waals surface area contributed by atoms with Gasteiger partial charge in [0.15, 0.2) is 0 Å². The first-order valence-corrected chi connectivity index (χ1v) is 9.84. The summed E-state index contributed by atoms with van der Waals surface area (Å²) in [5.41, 5.74) is 7.02. The fourth-order valence-corrected chi connectivity index (χ4v) is 4.16. The van der Waals surface area contributed by atoms with Crippen LogP contribution in [0.2, 0.25) is 0 Å². The standard InChI is InChI=1S/C21H22N6O3/c1-11-2-4-12(5-3-11)15-14(10-22)19(29)24-18-16(15)20(30)26-21(25-18)27-8-6-13(7-9-27)17(23)28/h2-5,13-15H,6-9H2,1H3,(H2,23,28)(H2,24,25,26,29,30). The molecule has 2 unspecified atom stereocenters. The fourth-order valence-electron chi connectivity index (χ4n) is 4.16. The number of nitrogens with two attached hydrogens (primary N) is 1. The van der Waals surface area contributed by atoms with Crippen LogP contribution in [0.15, 0.2) is 29.1 Å². The number of primary amides is 1. The molecule has 1 aromatic carbocycles. The Morgan fingerprint density at radius 3 is 2.50 bits per heavy atom. The quantitative estimate of drug-likeness (QED) is 0.693. The van der Waals surface area contributed by atoms with Crippen molar-refractivity contribution in [3.8, 4) is 6.07 Å². The van der Waals surface area contributed by atoms with Gasteiger partial charge in [0.25, 0.3) is 5.56 Å². The second-order valence-corrected chi connectivity index (χ2v) is 7.80. The molecule has 3 heterocycles. The average Bonchev–Trinajstić information content (AvgIpc) is 2.73. The van der Waals surface area contributed by atoms with Gasteiger partial charge < -0.3 is 16.0 Å². The van der Waals surface area contributed by atoms with E-state index in [9.17, 15) is 19.6 Å². The molecule has 0 bridgehead atoms. The lowest BCUT2D eigenvalue weighted by Gasteiger charge is -2.33. The number of aromatic amines is 1. The van der Waals surface area contributed by atoms with Crippen molar-refractivity contribution in [2.75, 3.05) is 23.3 Å². The van der Waals surface area contributed by atoms with Gasteiger partial charge in [-0.25, -0.2) is 0 Å². The van der Waals surface area contributed by atoms with Crippen LogP contribution in [0.3, 0.4) is 0 Å². The van der Waals surface area contributed by atoms with Crippen molar-refractivity contribution >= 4 is 23.6 Å². The Kier molecular flexibility index (Phi) is 4.99. The number of hydrogen-bond acceptors (Lipinski definition) is 6. The van der Waals surface area contributed by atoms with E-state index in [-0.39, 0.29) is 23.2 Å². The van der Waals surface area contributed by atoms with Crippen molar-refractivity contribution < 1.29 is 9.59 Å². The van der Waals surface area contributed by atoms with E-state index >= 15 is 0 Å². The van der Waals surface area contributed by atoms with Gasteiger partial charge in [-0.3, -0.25) is 19.4 Å². The monoisotopic (exact) mass is 406 g/mol. The van der Waals surface area contributed by atoms with Gasteiger partial charge in [0.2, 0.25) is 17.8 Å². The Hall–Kier alpha value is -3.67. The number of aromatic nitrogens is 2. The summed E-state index contributed by atoms with van der Waals surface area (Å²) in [6.45, 7) is 2.98. The van der Waals surface area contributed by atoms with Gasteiger partial charge in [-0.15, -0.1) is 0 Å². The number of benzene rings is 1. The largest absolute Gasteiger partial charge is 0.369 e. The Morgan fingerprint density at radius 1 is 1.23 bits per heavy atom. The summed E-state index contributed by atoms with van der Waals surface area (Å²) in [5.74, 6) is -2.21. The van der Waals surface area contributed by atoms with Crippen molar-refractivity contribution in [3.05, 3.63) is 51.3 Å². The van der Waals surface area contributed by atoms with Gasteiger partial charge in [-0.1, -0.05) is 29.8 Å². The van der Waals surface area contributed by atoms with Gasteiger partial charge in [-0.05, 0) is 25.3 Å². The number of H-pyrrole nitrogens is 1. The van der Waals surface area contributed by atoms with Crippen molar-refractivity contribution in [3.63, 3.8) is 0 Å². The zero-order chi connectivity index (χ0) is 21.4. The molecule has 2 amide bonds. The van der Waals surface area contributed by atoms with E-state index in [1.165, 1.54) is 0 Å². The molecule has 0 radical (unpaired) electrons. The molecule has 154 valence electrons. The molecule has 1 fully saturated rings. The summed E-state index contributed by atoms with van der Waals surface area (Å²) in [6.07, 6.45) is 1.15. The van der Waals surface area contributed by atoms with Crippen molar-refractivity contribution in [2.45, 2.75) is 25.7 Å². The maximum Gasteiger partial charge on any atom is 0.258 e. The second kappa shape index (κ2) is 7.63. The highest BCUT2D eigenvalue weighted by Gasteiger charge is 2.40. The number of nitriles is 1. The molecule has 0 aliphatic carbocycles. The minimum absolute atomic E-state index is 0.174. The maximum absolute atomic E-state index is 13.1. The summed E-state index contributed by atoms with van der Waals surface area (Å²) in [7, 11) is 0. The van der Waals surface area contributed by atoms with Crippen LogP contribution in [-0.2, 0) is 9.59 Å². The zero-order valence-corrected chi connectivity index (χ0v) is 16.5. The minimum atomic E-state index is -1.03. The third kappa shape index (κ3) is 3.41. The third-order valence-electron chi connectivity index (χ3n) is 5.88. The normalized spacial score (nSPS) is 21.5. The maximum atomic E-state index is 13.1. The van der Waals surface area contributed by atoms with Crippen molar-refractivity contribution in [1.82, 2.24) is 9.97 Å². The minimum Gasteiger partial charge on any atom is -0.369 e. The topological polar surface area (TPSA) is 145 Å². The van der Waals surface area contributed by atoms with E-state index < -0.39 is 23.3 Å². The number of piperidine rings is 1. The number of hydrogen-bond donors (Lipinski definition) is 3. The summed E-state index contributed by atoms with van der Waals surface area (Å²) < 4.78 is 0. The molecular formula is C21H22N6O3. The summed E-state index contributed by atoms with van der Waals surface area (Å²) in [4.78, 5) is 46.2. The lowest BCUT2D eigenvalue weighted by molar-refractivity contribution is -0.122. The lowest BCUT2D eigenvalue weighted by atomic mass is 9.79. The fraction of sp³-hybridized carbons (Fsp3) is 0.381. The van der Waals surface area contributed by atoms with Crippen LogP contribution in [0.4, 0.5) is 11.8 Å². The van der Waals surface area contributed by atoms with Crippen LogP contribution < -0.4 is 21.5 Å². The number of amides is 2. The van der Waals surface area contributed by atoms with Gasteiger partial charge in [0, 0.05) is 24.9 Å². The highest BCUT2D eigenvalue weighted by Crippen LogP contribution is 2.38. The molecule has 4 N–H and O–H groups in total. The molecule has 2 aromatic rings. The molecule has 2 aliphatic heterocycles. The second-order valence-electron chi connectivity index (χ2n) is 7.80. The number of rotatable bonds is 3. The molecule has 4 rings (SSSR count). The van der Waals surface area contributed by atoms with E-state index in [2.05, 4.69) is 15.3 Å². The van der Waals surface area contributed by atoms with Crippen LogP contribution >= 0.6 is 0 Å². The smallest absolute Gasteiger partial charge is 0.258 e. The van der Waals surface area contributed by atoms with Gasteiger partial charge in [0.05, 0.1) is 11.6 Å². The summed E-state index contributed by atoms with van der Waals surface area (Å²) in [5, 5.41) is 12.2. The third-order valence-corrected chi connectivity index (χ3v) is 5.88. The molecule has 1 aromatic heterocycles. The molecule has 9 heteroatoms. The summed E-state index contributed by atoms with van der Waals surface area (Å²) in [6, 6.07) is 9.46. The predicted molar refractivity (Wildman–Crippen MR) is 110 cm³/mol. The van der Waals surface area contributed by atoms with Gasteiger partial charge in [0.1, 0.15) is 11.7 Å². The molecule has 0 spiro atoms. The van der Waals surface area contributed by atoms with Crippen LogP contribution in [0.5, 0.6) is 0 Å². The van der Waals surface area contributed by atoms with E-state index in [4.69, 9.17) is 5.73 Å². The van der Waals surface area contributed by atoms with Gasteiger partial charge in [-0.2, -0.15) is 10.2 Å². The number of aryl methyl sites for hydroxylation is 1. The number of carbonyl (C=O) groups is 2. The zero-order valence-electron chi connectivity index (χ0n) is 16.5. The number of carbonyl (C=O) groups excluding carboxylic acids is 2. The lowest BCUT2D eigenvalue weighted by Crippen LogP contribution is -2.42. The molecule has 2 aliphatic rings. The van der Waals surface area contributed by atoms with E-state index in [1.807, 2.05) is 42.2 Å². The van der Waals surface area contributed by atoms with Gasteiger partial charge >= 0.3 is 0 Å². The number of nitrogens with one attached hydrogen (secondary N) is 2. The van der Waals surface area contributed by atoms with Crippen molar-refractivity contribution in [2.24, 2.45) is 17.6 Å². The molecule has 0 saturated carbocycles. The number of fused-ring (bicyclic) bond motifs is 1. The molecule has 9 nitrogen and oxygen atoms in total. The number of nitrogens with zero attached hydrogens (tertiary/aromatic N) is 3. The Labute approximate surface area is 172 Å². The first-order valence-electron chi connectivity index (χ1n) is 9.84. The Morgan fingerprint density at radius 2 is 1.90 bits per heavy atom. The van der Waals surface area contributed by atoms with E-state index in [0.717, 1.165) is 5.56 Å². The van der Waals surface area contributed by atoms with Crippen LogP contribution in [0, 0.1) is 30.1 Å². The first-order chi connectivity index (χ1) is 14.4. The SMILES string of the molecule is Cc1ccc(C2c3c(nc(N4CCC(C(N)=O)CC4)[nH]c3=O)NC(=O)C2C#N)cc1. The van der Waals surface area contributed by atoms with E-state index in [0.29, 0.717) is 37.4 Å². The number of anilines is 2. The molecule has 30 heavy (non-hydrogen) atoms. The molecule has 1 saturated heterocycles.